The maximum Gasteiger partial charge on any atom is 0.252 e. The molecule has 0 aliphatic carbocycles. The highest BCUT2D eigenvalue weighted by Crippen LogP contribution is 2.28. The van der Waals surface area contributed by atoms with Gasteiger partial charge >= 0.3 is 0 Å². The SMILES string of the molecule is CCc1ccc(S(=O)(=O)N2CCC(N)C(C)C2)s1.Cl. The van der Waals surface area contributed by atoms with Crippen LogP contribution in [-0.4, -0.2) is 31.9 Å². The predicted octanol–water partition coefficient (Wildman–Crippen LogP) is 2.09. The molecule has 1 aliphatic rings. The number of sulfonamides is 1. The highest BCUT2D eigenvalue weighted by Gasteiger charge is 2.32. The van der Waals surface area contributed by atoms with Crippen molar-refractivity contribution in [3.63, 3.8) is 0 Å². The first-order valence-electron chi connectivity index (χ1n) is 6.29. The summed E-state index contributed by atoms with van der Waals surface area (Å²) in [5.74, 6) is 0.221. The van der Waals surface area contributed by atoms with Gasteiger partial charge in [-0.2, -0.15) is 4.31 Å². The lowest BCUT2D eigenvalue weighted by atomic mass is 9.96. The van der Waals surface area contributed by atoms with Gasteiger partial charge in [0, 0.05) is 24.0 Å². The van der Waals surface area contributed by atoms with Crippen molar-refractivity contribution in [1.82, 2.24) is 4.31 Å². The number of thiophene rings is 1. The summed E-state index contributed by atoms with van der Waals surface area (Å²) in [7, 11) is -3.31. The molecule has 1 aromatic heterocycles. The molecular weight excluding hydrogens is 304 g/mol. The predicted molar refractivity (Wildman–Crippen MR) is 81.5 cm³/mol. The number of rotatable bonds is 3. The fourth-order valence-electron chi connectivity index (χ4n) is 2.16. The van der Waals surface area contributed by atoms with Crippen molar-refractivity contribution in [2.75, 3.05) is 13.1 Å². The Balaban J connectivity index is 0.00000180. The number of aryl methyl sites for hydroxylation is 1. The first kappa shape index (κ1) is 16.9. The van der Waals surface area contributed by atoms with E-state index >= 15 is 0 Å². The van der Waals surface area contributed by atoms with Gasteiger partial charge in [0.1, 0.15) is 4.21 Å². The van der Waals surface area contributed by atoms with Crippen molar-refractivity contribution < 1.29 is 8.42 Å². The van der Waals surface area contributed by atoms with Crippen LogP contribution in [0, 0.1) is 5.92 Å². The monoisotopic (exact) mass is 324 g/mol. The van der Waals surface area contributed by atoms with Crippen molar-refractivity contribution in [1.29, 1.82) is 0 Å². The lowest BCUT2D eigenvalue weighted by Crippen LogP contribution is -2.47. The molecule has 0 spiro atoms. The Labute approximate surface area is 125 Å². The van der Waals surface area contributed by atoms with Crippen molar-refractivity contribution >= 4 is 33.8 Å². The fraction of sp³-hybridized carbons (Fsp3) is 0.667. The van der Waals surface area contributed by atoms with E-state index in [1.165, 1.54) is 11.3 Å². The second-order valence-electron chi connectivity index (χ2n) is 4.87. The Hall–Kier alpha value is -0.140. The highest BCUT2D eigenvalue weighted by atomic mass is 35.5. The van der Waals surface area contributed by atoms with Gasteiger partial charge in [0.15, 0.2) is 0 Å². The summed E-state index contributed by atoms with van der Waals surface area (Å²) in [4.78, 5) is 1.11. The largest absolute Gasteiger partial charge is 0.327 e. The van der Waals surface area contributed by atoms with Crippen molar-refractivity contribution in [2.45, 2.75) is 36.9 Å². The quantitative estimate of drug-likeness (QED) is 0.926. The lowest BCUT2D eigenvalue weighted by Gasteiger charge is -2.33. The zero-order valence-corrected chi connectivity index (χ0v) is 13.7. The highest BCUT2D eigenvalue weighted by molar-refractivity contribution is 7.91. The van der Waals surface area contributed by atoms with Gasteiger partial charge in [0.25, 0.3) is 10.0 Å². The number of hydrogen-bond acceptors (Lipinski definition) is 4. The number of piperidine rings is 1. The zero-order valence-electron chi connectivity index (χ0n) is 11.2. The fourth-order valence-corrected chi connectivity index (χ4v) is 5.16. The Kier molecular flexibility index (Phi) is 5.82. The molecule has 0 radical (unpaired) electrons. The molecule has 7 heteroatoms. The van der Waals surface area contributed by atoms with E-state index in [0.717, 1.165) is 17.7 Å². The normalized spacial score (nSPS) is 25.0. The Morgan fingerprint density at radius 3 is 2.68 bits per heavy atom. The Morgan fingerprint density at radius 2 is 2.16 bits per heavy atom. The molecule has 1 aromatic rings. The second kappa shape index (κ2) is 6.54. The standard InChI is InChI=1S/C12H20N2O2S2.ClH/c1-3-10-4-5-12(17-10)18(15,16)14-7-6-11(13)9(2)8-14;/h4-5,9,11H,3,6-8,13H2,1-2H3;1H. The van der Waals surface area contributed by atoms with Gasteiger partial charge in [-0.15, -0.1) is 23.7 Å². The summed E-state index contributed by atoms with van der Waals surface area (Å²) in [6.45, 7) is 5.11. The van der Waals surface area contributed by atoms with Crippen molar-refractivity contribution in [3.8, 4) is 0 Å². The molecule has 1 fully saturated rings. The average molecular weight is 325 g/mol. The molecule has 4 nitrogen and oxygen atoms in total. The van der Waals surface area contributed by atoms with E-state index in [9.17, 15) is 8.42 Å². The lowest BCUT2D eigenvalue weighted by molar-refractivity contribution is 0.250. The zero-order chi connectivity index (χ0) is 13.3. The van der Waals surface area contributed by atoms with Crippen LogP contribution in [0.3, 0.4) is 0 Å². The van der Waals surface area contributed by atoms with Gasteiger partial charge in [0.2, 0.25) is 0 Å². The van der Waals surface area contributed by atoms with Crippen LogP contribution in [0.1, 0.15) is 25.1 Å². The third-order valence-electron chi connectivity index (χ3n) is 3.51. The van der Waals surface area contributed by atoms with Crippen LogP contribution >= 0.6 is 23.7 Å². The van der Waals surface area contributed by atoms with E-state index in [2.05, 4.69) is 0 Å². The summed E-state index contributed by atoms with van der Waals surface area (Å²) in [6, 6.07) is 3.74. The van der Waals surface area contributed by atoms with Gasteiger partial charge in [0.05, 0.1) is 0 Å². The Bertz CT molecular complexity index is 516. The third-order valence-corrected chi connectivity index (χ3v) is 7.08. The molecule has 2 heterocycles. The second-order valence-corrected chi connectivity index (χ2v) is 8.20. The minimum Gasteiger partial charge on any atom is -0.327 e. The molecule has 0 saturated carbocycles. The van der Waals surface area contributed by atoms with Crippen LogP contribution in [0.5, 0.6) is 0 Å². The molecule has 1 aliphatic heterocycles. The van der Waals surface area contributed by atoms with E-state index in [1.807, 2.05) is 19.9 Å². The maximum atomic E-state index is 12.5. The van der Waals surface area contributed by atoms with Crippen LogP contribution in [-0.2, 0) is 16.4 Å². The number of hydrogen-bond donors (Lipinski definition) is 1. The minimum atomic E-state index is -3.31. The van der Waals surface area contributed by atoms with E-state index in [0.29, 0.717) is 17.3 Å². The van der Waals surface area contributed by atoms with Gasteiger partial charge in [-0.1, -0.05) is 13.8 Å². The van der Waals surface area contributed by atoms with E-state index in [1.54, 1.807) is 10.4 Å². The summed E-state index contributed by atoms with van der Waals surface area (Å²) in [5.41, 5.74) is 5.93. The molecule has 2 rings (SSSR count). The minimum absolute atomic E-state index is 0. The molecule has 0 amide bonds. The topological polar surface area (TPSA) is 63.4 Å². The average Bonchev–Trinajstić information content (AvgIpc) is 2.81. The molecule has 0 aromatic carbocycles. The van der Waals surface area contributed by atoms with E-state index < -0.39 is 10.0 Å². The number of halogens is 1. The van der Waals surface area contributed by atoms with Gasteiger partial charge < -0.3 is 5.73 Å². The molecule has 2 unspecified atom stereocenters. The van der Waals surface area contributed by atoms with Crippen LogP contribution < -0.4 is 5.73 Å². The van der Waals surface area contributed by atoms with Crippen LogP contribution in [0.4, 0.5) is 0 Å². The molecule has 19 heavy (non-hydrogen) atoms. The van der Waals surface area contributed by atoms with E-state index in [-0.39, 0.29) is 24.4 Å². The van der Waals surface area contributed by atoms with Crippen LogP contribution in [0.25, 0.3) is 0 Å². The summed E-state index contributed by atoms with van der Waals surface area (Å²) in [5, 5.41) is 0. The molecule has 2 atom stereocenters. The van der Waals surface area contributed by atoms with Gasteiger partial charge in [-0.05, 0) is 30.9 Å². The smallest absolute Gasteiger partial charge is 0.252 e. The van der Waals surface area contributed by atoms with Crippen molar-refractivity contribution in [3.05, 3.63) is 17.0 Å². The summed E-state index contributed by atoms with van der Waals surface area (Å²) in [6.07, 6.45) is 1.62. The molecular formula is C12H21ClN2O2S2. The van der Waals surface area contributed by atoms with Gasteiger partial charge in [-0.3, -0.25) is 0 Å². The van der Waals surface area contributed by atoms with E-state index in [4.69, 9.17) is 5.73 Å². The molecule has 110 valence electrons. The first-order valence-corrected chi connectivity index (χ1v) is 8.55. The number of nitrogens with zero attached hydrogens (tertiary/aromatic N) is 1. The number of nitrogens with two attached hydrogens (primary N) is 1. The molecule has 1 saturated heterocycles. The molecule has 0 bridgehead atoms. The van der Waals surface area contributed by atoms with Crippen molar-refractivity contribution in [2.24, 2.45) is 11.7 Å². The summed E-state index contributed by atoms with van der Waals surface area (Å²) >= 11 is 1.37. The van der Waals surface area contributed by atoms with Crippen LogP contribution in [0.2, 0.25) is 0 Å². The maximum absolute atomic E-state index is 12.5. The summed E-state index contributed by atoms with van der Waals surface area (Å²) < 4.78 is 27.0. The first-order chi connectivity index (χ1) is 8.45. The van der Waals surface area contributed by atoms with Gasteiger partial charge in [-0.25, -0.2) is 8.42 Å². The third kappa shape index (κ3) is 3.49. The Morgan fingerprint density at radius 1 is 1.47 bits per heavy atom. The van der Waals surface area contributed by atoms with Crippen LogP contribution in [0.15, 0.2) is 16.3 Å². The molecule has 2 N–H and O–H groups in total.